The van der Waals surface area contributed by atoms with E-state index in [1.807, 2.05) is 18.2 Å². The summed E-state index contributed by atoms with van der Waals surface area (Å²) in [5.41, 5.74) is 2.47. The fourth-order valence-electron chi connectivity index (χ4n) is 2.17. The van der Waals surface area contributed by atoms with Crippen LogP contribution >= 0.6 is 0 Å². The Bertz CT molecular complexity index is 839. The third kappa shape index (κ3) is 2.31. The van der Waals surface area contributed by atoms with Crippen molar-refractivity contribution in [2.45, 2.75) is 6.92 Å². The van der Waals surface area contributed by atoms with E-state index in [-0.39, 0.29) is 5.69 Å². The Labute approximate surface area is 120 Å². The lowest BCUT2D eigenvalue weighted by molar-refractivity contribution is -0.384. The van der Waals surface area contributed by atoms with Gasteiger partial charge >= 0.3 is 0 Å². The van der Waals surface area contributed by atoms with Gasteiger partial charge in [0.15, 0.2) is 5.58 Å². The van der Waals surface area contributed by atoms with Crippen LogP contribution in [0.25, 0.3) is 22.6 Å². The number of non-ortho nitro benzene ring substituents is 1. The van der Waals surface area contributed by atoms with Crippen LogP contribution in [0.2, 0.25) is 0 Å². The number of nitrogens with zero attached hydrogens (tertiary/aromatic N) is 2. The van der Waals surface area contributed by atoms with Crippen LogP contribution in [0.1, 0.15) is 5.56 Å². The van der Waals surface area contributed by atoms with Gasteiger partial charge in [-0.2, -0.15) is 0 Å². The number of nitro groups is 1. The van der Waals surface area contributed by atoms with Crippen molar-refractivity contribution in [3.8, 4) is 17.2 Å². The number of ether oxygens (including phenoxy) is 1. The van der Waals surface area contributed by atoms with Gasteiger partial charge in [-0.3, -0.25) is 10.1 Å². The topological polar surface area (TPSA) is 78.4 Å². The van der Waals surface area contributed by atoms with Gasteiger partial charge in [-0.25, -0.2) is 4.98 Å². The van der Waals surface area contributed by atoms with E-state index in [0.29, 0.717) is 28.3 Å². The molecular weight excluding hydrogens is 272 g/mol. The molecule has 1 heterocycles. The summed E-state index contributed by atoms with van der Waals surface area (Å²) in [7, 11) is 1.58. The van der Waals surface area contributed by atoms with Crippen LogP contribution in [-0.2, 0) is 0 Å². The zero-order valence-electron chi connectivity index (χ0n) is 11.5. The molecule has 0 aliphatic rings. The van der Waals surface area contributed by atoms with Gasteiger partial charge in [0.05, 0.1) is 12.0 Å². The maximum Gasteiger partial charge on any atom is 0.272 e. The molecule has 6 nitrogen and oxygen atoms in total. The number of fused-ring (bicyclic) bond motifs is 1. The van der Waals surface area contributed by atoms with Crippen molar-refractivity contribution < 1.29 is 14.1 Å². The third-order valence-electron chi connectivity index (χ3n) is 3.19. The monoisotopic (exact) mass is 284 g/mol. The lowest BCUT2D eigenvalue weighted by Gasteiger charge is -2.00. The highest BCUT2D eigenvalue weighted by atomic mass is 16.6. The normalized spacial score (nSPS) is 10.8. The SMILES string of the molecule is COc1cccc(-c2nc3cc([N+](=O)[O-])cc(C)c3o2)c1. The van der Waals surface area contributed by atoms with Crippen LogP contribution < -0.4 is 4.74 Å². The number of nitro benzene ring substituents is 1. The highest BCUT2D eigenvalue weighted by molar-refractivity contribution is 5.81. The number of oxazole rings is 1. The average molecular weight is 284 g/mol. The van der Waals surface area contributed by atoms with Crippen molar-refractivity contribution in [1.82, 2.24) is 4.98 Å². The zero-order valence-corrected chi connectivity index (χ0v) is 11.5. The fraction of sp³-hybridized carbons (Fsp3) is 0.133. The van der Waals surface area contributed by atoms with E-state index in [9.17, 15) is 10.1 Å². The van der Waals surface area contributed by atoms with Crippen molar-refractivity contribution in [3.05, 3.63) is 52.1 Å². The summed E-state index contributed by atoms with van der Waals surface area (Å²) in [6.45, 7) is 1.76. The van der Waals surface area contributed by atoms with E-state index in [0.717, 1.165) is 5.56 Å². The first-order valence-electron chi connectivity index (χ1n) is 6.28. The Morgan fingerprint density at radius 1 is 1.29 bits per heavy atom. The summed E-state index contributed by atoms with van der Waals surface area (Å²) in [6.07, 6.45) is 0. The van der Waals surface area contributed by atoms with Crippen LogP contribution in [0.3, 0.4) is 0 Å². The molecule has 0 unspecified atom stereocenters. The largest absolute Gasteiger partial charge is 0.497 e. The van der Waals surface area contributed by atoms with E-state index in [2.05, 4.69) is 4.98 Å². The first kappa shape index (κ1) is 13.1. The number of hydrogen-bond donors (Lipinski definition) is 0. The molecule has 1 aromatic heterocycles. The molecule has 0 bridgehead atoms. The Morgan fingerprint density at radius 2 is 2.10 bits per heavy atom. The third-order valence-corrected chi connectivity index (χ3v) is 3.19. The van der Waals surface area contributed by atoms with E-state index < -0.39 is 4.92 Å². The van der Waals surface area contributed by atoms with Gasteiger partial charge in [0.25, 0.3) is 5.69 Å². The minimum absolute atomic E-state index is 0.00509. The molecule has 6 heteroatoms. The molecule has 3 rings (SSSR count). The van der Waals surface area contributed by atoms with Crippen LogP contribution in [0.4, 0.5) is 5.69 Å². The molecule has 106 valence electrons. The van der Waals surface area contributed by atoms with E-state index >= 15 is 0 Å². The summed E-state index contributed by atoms with van der Waals surface area (Å²) in [4.78, 5) is 14.8. The van der Waals surface area contributed by atoms with Gasteiger partial charge < -0.3 is 9.15 Å². The molecule has 2 aromatic carbocycles. The maximum absolute atomic E-state index is 10.9. The number of aromatic nitrogens is 1. The molecular formula is C15H12N2O4. The second-order valence-electron chi connectivity index (χ2n) is 4.62. The Morgan fingerprint density at radius 3 is 2.81 bits per heavy atom. The number of rotatable bonds is 3. The lowest BCUT2D eigenvalue weighted by atomic mass is 10.2. The van der Waals surface area contributed by atoms with Crippen molar-refractivity contribution in [3.63, 3.8) is 0 Å². The number of aryl methyl sites for hydroxylation is 1. The molecule has 0 N–H and O–H groups in total. The molecule has 21 heavy (non-hydrogen) atoms. The molecule has 0 saturated carbocycles. The summed E-state index contributed by atoms with van der Waals surface area (Å²) >= 11 is 0. The van der Waals surface area contributed by atoms with Gasteiger partial charge in [0.1, 0.15) is 11.3 Å². The molecule has 0 aliphatic carbocycles. The number of benzene rings is 2. The first-order chi connectivity index (χ1) is 10.1. The van der Waals surface area contributed by atoms with Gasteiger partial charge in [-0.1, -0.05) is 6.07 Å². The number of methoxy groups -OCH3 is 1. The lowest BCUT2D eigenvalue weighted by Crippen LogP contribution is -1.88. The highest BCUT2D eigenvalue weighted by Crippen LogP contribution is 2.30. The molecule has 0 amide bonds. The predicted octanol–water partition coefficient (Wildman–Crippen LogP) is 3.72. The molecule has 0 saturated heterocycles. The second-order valence-corrected chi connectivity index (χ2v) is 4.62. The quantitative estimate of drug-likeness (QED) is 0.541. The molecule has 3 aromatic rings. The van der Waals surface area contributed by atoms with E-state index in [1.54, 1.807) is 20.1 Å². The van der Waals surface area contributed by atoms with Crippen LogP contribution in [-0.4, -0.2) is 17.0 Å². The zero-order chi connectivity index (χ0) is 15.0. The second kappa shape index (κ2) is 4.90. The fourth-order valence-corrected chi connectivity index (χ4v) is 2.17. The molecule has 0 fully saturated rings. The van der Waals surface area contributed by atoms with Crippen LogP contribution in [0.5, 0.6) is 5.75 Å². The minimum Gasteiger partial charge on any atom is -0.497 e. The highest BCUT2D eigenvalue weighted by Gasteiger charge is 2.16. The first-order valence-corrected chi connectivity index (χ1v) is 6.28. The summed E-state index contributed by atoms with van der Waals surface area (Å²) in [6, 6.07) is 10.2. The predicted molar refractivity (Wildman–Crippen MR) is 77.4 cm³/mol. The van der Waals surface area contributed by atoms with E-state index in [4.69, 9.17) is 9.15 Å². The summed E-state index contributed by atoms with van der Waals surface area (Å²) in [5.74, 6) is 1.10. The van der Waals surface area contributed by atoms with Crippen LogP contribution in [0, 0.1) is 17.0 Å². The summed E-state index contributed by atoms with van der Waals surface area (Å²) < 4.78 is 10.9. The summed E-state index contributed by atoms with van der Waals surface area (Å²) in [5, 5.41) is 10.9. The van der Waals surface area contributed by atoms with Crippen molar-refractivity contribution in [2.75, 3.05) is 7.11 Å². The van der Waals surface area contributed by atoms with Gasteiger partial charge in [0.2, 0.25) is 5.89 Å². The van der Waals surface area contributed by atoms with Crippen molar-refractivity contribution in [2.24, 2.45) is 0 Å². The average Bonchev–Trinajstić information content (AvgIpc) is 2.92. The molecule has 0 radical (unpaired) electrons. The van der Waals surface area contributed by atoms with Crippen molar-refractivity contribution >= 4 is 16.8 Å². The Balaban J connectivity index is 2.16. The van der Waals surface area contributed by atoms with Gasteiger partial charge in [0, 0.05) is 23.3 Å². The Hall–Kier alpha value is -2.89. The molecule has 0 atom stereocenters. The van der Waals surface area contributed by atoms with E-state index in [1.165, 1.54) is 12.1 Å². The van der Waals surface area contributed by atoms with Gasteiger partial charge in [-0.05, 0) is 25.1 Å². The smallest absolute Gasteiger partial charge is 0.272 e. The van der Waals surface area contributed by atoms with Crippen LogP contribution in [0.15, 0.2) is 40.8 Å². The molecule has 0 spiro atoms. The maximum atomic E-state index is 10.9. The van der Waals surface area contributed by atoms with Gasteiger partial charge in [-0.15, -0.1) is 0 Å². The minimum atomic E-state index is -0.438. The molecule has 0 aliphatic heterocycles. The van der Waals surface area contributed by atoms with Crippen molar-refractivity contribution in [1.29, 1.82) is 0 Å². The Kier molecular flexibility index (Phi) is 3.06. The number of hydrogen-bond acceptors (Lipinski definition) is 5. The standard InChI is InChI=1S/C15H12N2O4/c1-9-6-11(17(18)19)8-13-14(9)21-15(16-13)10-4-3-5-12(7-10)20-2/h3-8H,1-2H3.